The van der Waals surface area contributed by atoms with E-state index in [1.165, 1.54) is 32.1 Å². The second kappa shape index (κ2) is 11.3. The smallest absolute Gasteiger partial charge is 0.311 e. The average molecular weight is 354 g/mol. The fourth-order valence-electron chi connectivity index (χ4n) is 2.91. The highest BCUT2D eigenvalue weighted by atomic mass is 16.5. The number of esters is 1. The van der Waals surface area contributed by atoms with Gasteiger partial charge in [-0.1, -0.05) is 69.7 Å². The van der Waals surface area contributed by atoms with Gasteiger partial charge >= 0.3 is 5.97 Å². The molecule has 0 aliphatic carbocycles. The highest BCUT2D eigenvalue weighted by Gasteiger charge is 2.05. The molecule has 0 spiro atoms. The Morgan fingerprint density at radius 2 is 1.23 bits per heavy atom. The topological polar surface area (TPSA) is 35.5 Å². The molecule has 0 fully saturated rings. The van der Waals surface area contributed by atoms with Gasteiger partial charge in [0.15, 0.2) is 0 Å². The van der Waals surface area contributed by atoms with Gasteiger partial charge in [-0.2, -0.15) is 0 Å². The first-order chi connectivity index (χ1) is 12.7. The zero-order valence-corrected chi connectivity index (χ0v) is 16.0. The molecule has 0 unspecified atom stereocenters. The van der Waals surface area contributed by atoms with Crippen molar-refractivity contribution in [3.05, 3.63) is 48.5 Å². The molecule has 0 radical (unpaired) electrons. The maximum absolute atomic E-state index is 11.9. The molecule has 3 heteroatoms. The summed E-state index contributed by atoms with van der Waals surface area (Å²) >= 11 is 0. The standard InChI is InChI=1S/C23H30O3/c1-3-4-5-6-7-8-9-10-23(24)26-22-17-13-20(14-18-22)19-11-15-21(25-2)16-12-19/h11-18H,3-10H2,1-2H3. The summed E-state index contributed by atoms with van der Waals surface area (Å²) in [6.45, 7) is 2.22. The molecule has 0 bridgehead atoms. The van der Waals surface area contributed by atoms with Gasteiger partial charge in [-0.3, -0.25) is 4.79 Å². The van der Waals surface area contributed by atoms with Crippen molar-refractivity contribution in [2.24, 2.45) is 0 Å². The lowest BCUT2D eigenvalue weighted by atomic mass is 10.1. The number of carbonyl (C=O) groups excluding carboxylic acids is 1. The van der Waals surface area contributed by atoms with Crippen LogP contribution in [-0.2, 0) is 4.79 Å². The van der Waals surface area contributed by atoms with Crippen LogP contribution in [0.15, 0.2) is 48.5 Å². The van der Waals surface area contributed by atoms with Crippen LogP contribution in [0, 0.1) is 0 Å². The highest BCUT2D eigenvalue weighted by molar-refractivity contribution is 5.73. The van der Waals surface area contributed by atoms with Gasteiger partial charge in [0.25, 0.3) is 0 Å². The van der Waals surface area contributed by atoms with Crippen LogP contribution in [0.2, 0.25) is 0 Å². The van der Waals surface area contributed by atoms with Crippen molar-refractivity contribution in [1.29, 1.82) is 0 Å². The summed E-state index contributed by atoms with van der Waals surface area (Å²) in [4.78, 5) is 11.9. The Kier molecular flexibility index (Phi) is 8.74. The Bertz CT molecular complexity index is 644. The van der Waals surface area contributed by atoms with Gasteiger partial charge in [0, 0.05) is 6.42 Å². The van der Waals surface area contributed by atoms with Crippen LogP contribution >= 0.6 is 0 Å². The zero-order valence-electron chi connectivity index (χ0n) is 16.0. The van der Waals surface area contributed by atoms with Crippen molar-refractivity contribution in [2.45, 2.75) is 58.3 Å². The number of methoxy groups -OCH3 is 1. The van der Waals surface area contributed by atoms with Crippen LogP contribution in [0.25, 0.3) is 11.1 Å². The summed E-state index contributed by atoms with van der Waals surface area (Å²) in [6.07, 6.45) is 8.89. The van der Waals surface area contributed by atoms with E-state index in [9.17, 15) is 4.79 Å². The molecule has 2 aromatic carbocycles. The second-order valence-corrected chi connectivity index (χ2v) is 6.60. The largest absolute Gasteiger partial charge is 0.497 e. The number of hydrogen-bond donors (Lipinski definition) is 0. The Hall–Kier alpha value is -2.29. The number of carbonyl (C=O) groups is 1. The molecular weight excluding hydrogens is 324 g/mol. The summed E-state index contributed by atoms with van der Waals surface area (Å²) in [5.74, 6) is 1.30. The minimum absolute atomic E-state index is 0.143. The molecule has 2 aromatic rings. The molecule has 140 valence electrons. The molecule has 3 nitrogen and oxygen atoms in total. The van der Waals surface area contributed by atoms with E-state index in [1.807, 2.05) is 48.5 Å². The molecule has 0 heterocycles. The van der Waals surface area contributed by atoms with Crippen LogP contribution in [0.1, 0.15) is 58.3 Å². The first-order valence-electron chi connectivity index (χ1n) is 9.68. The summed E-state index contributed by atoms with van der Waals surface area (Å²) in [7, 11) is 1.66. The third kappa shape index (κ3) is 6.91. The predicted molar refractivity (Wildman–Crippen MR) is 107 cm³/mol. The van der Waals surface area contributed by atoms with Crippen molar-refractivity contribution in [3.63, 3.8) is 0 Å². The number of rotatable bonds is 11. The number of benzene rings is 2. The first-order valence-corrected chi connectivity index (χ1v) is 9.68. The Labute approximate surface area is 157 Å². The SMILES string of the molecule is CCCCCCCCCC(=O)Oc1ccc(-c2ccc(OC)cc2)cc1. The van der Waals surface area contributed by atoms with E-state index in [0.717, 1.165) is 29.7 Å². The first kappa shape index (κ1) is 20.0. The maximum atomic E-state index is 11.9. The molecule has 0 saturated carbocycles. The molecule has 0 saturated heterocycles. The van der Waals surface area contributed by atoms with Crippen molar-refractivity contribution in [3.8, 4) is 22.6 Å². The van der Waals surface area contributed by atoms with E-state index in [1.54, 1.807) is 7.11 Å². The minimum atomic E-state index is -0.143. The lowest BCUT2D eigenvalue weighted by Crippen LogP contribution is -2.07. The molecule has 26 heavy (non-hydrogen) atoms. The summed E-state index contributed by atoms with van der Waals surface area (Å²) < 4.78 is 10.6. The van der Waals surface area contributed by atoms with E-state index in [0.29, 0.717) is 12.2 Å². The van der Waals surface area contributed by atoms with Gasteiger partial charge in [-0.05, 0) is 41.8 Å². The van der Waals surface area contributed by atoms with Crippen molar-refractivity contribution in [1.82, 2.24) is 0 Å². The van der Waals surface area contributed by atoms with Gasteiger partial charge in [0.2, 0.25) is 0 Å². The van der Waals surface area contributed by atoms with Crippen LogP contribution in [0.5, 0.6) is 11.5 Å². The van der Waals surface area contributed by atoms with Crippen LogP contribution in [-0.4, -0.2) is 13.1 Å². The van der Waals surface area contributed by atoms with Crippen molar-refractivity contribution < 1.29 is 14.3 Å². The van der Waals surface area contributed by atoms with Gasteiger partial charge in [0.1, 0.15) is 11.5 Å². The molecule has 0 amide bonds. The Morgan fingerprint density at radius 1 is 0.731 bits per heavy atom. The van der Waals surface area contributed by atoms with Crippen molar-refractivity contribution in [2.75, 3.05) is 7.11 Å². The van der Waals surface area contributed by atoms with Crippen LogP contribution in [0.3, 0.4) is 0 Å². The monoisotopic (exact) mass is 354 g/mol. The quantitative estimate of drug-likeness (QED) is 0.266. The third-order valence-corrected chi connectivity index (χ3v) is 4.49. The van der Waals surface area contributed by atoms with E-state index in [2.05, 4.69) is 6.92 Å². The lowest BCUT2D eigenvalue weighted by Gasteiger charge is -2.07. The maximum Gasteiger partial charge on any atom is 0.311 e. The summed E-state index contributed by atoms with van der Waals surface area (Å²) in [6, 6.07) is 15.5. The molecule has 2 rings (SSSR count). The van der Waals surface area contributed by atoms with E-state index in [-0.39, 0.29) is 5.97 Å². The lowest BCUT2D eigenvalue weighted by molar-refractivity contribution is -0.134. The van der Waals surface area contributed by atoms with E-state index >= 15 is 0 Å². The molecule has 0 aliphatic rings. The molecule has 0 N–H and O–H groups in total. The van der Waals surface area contributed by atoms with Crippen molar-refractivity contribution >= 4 is 5.97 Å². The zero-order chi connectivity index (χ0) is 18.6. The molecule has 0 aromatic heterocycles. The van der Waals surface area contributed by atoms with Gasteiger partial charge < -0.3 is 9.47 Å². The fraction of sp³-hybridized carbons (Fsp3) is 0.435. The van der Waals surface area contributed by atoms with E-state index < -0.39 is 0 Å². The van der Waals surface area contributed by atoms with Gasteiger partial charge in [-0.25, -0.2) is 0 Å². The summed E-state index contributed by atoms with van der Waals surface area (Å²) in [5.41, 5.74) is 2.19. The average Bonchev–Trinajstić information content (AvgIpc) is 2.68. The second-order valence-electron chi connectivity index (χ2n) is 6.60. The molecular formula is C23H30O3. The van der Waals surface area contributed by atoms with E-state index in [4.69, 9.17) is 9.47 Å². The minimum Gasteiger partial charge on any atom is -0.497 e. The normalized spacial score (nSPS) is 10.5. The number of unbranched alkanes of at least 4 members (excludes halogenated alkanes) is 6. The van der Waals surface area contributed by atoms with Gasteiger partial charge in [-0.15, -0.1) is 0 Å². The highest BCUT2D eigenvalue weighted by Crippen LogP contribution is 2.24. The molecule has 0 atom stereocenters. The summed E-state index contributed by atoms with van der Waals surface area (Å²) in [5, 5.41) is 0. The van der Waals surface area contributed by atoms with Gasteiger partial charge in [0.05, 0.1) is 7.11 Å². The predicted octanol–water partition coefficient (Wildman–Crippen LogP) is 6.41. The number of hydrogen-bond acceptors (Lipinski definition) is 3. The van der Waals surface area contributed by atoms with Crippen LogP contribution < -0.4 is 9.47 Å². The third-order valence-electron chi connectivity index (χ3n) is 4.49. The Morgan fingerprint density at radius 3 is 1.77 bits per heavy atom. The fourth-order valence-corrected chi connectivity index (χ4v) is 2.91. The molecule has 0 aliphatic heterocycles. The number of ether oxygens (including phenoxy) is 2. The Balaban J connectivity index is 1.73. The van der Waals surface area contributed by atoms with Crippen LogP contribution in [0.4, 0.5) is 0 Å².